The van der Waals surface area contributed by atoms with Crippen molar-refractivity contribution in [1.29, 1.82) is 0 Å². The van der Waals surface area contributed by atoms with Crippen molar-refractivity contribution in [2.75, 3.05) is 13.2 Å². The van der Waals surface area contributed by atoms with E-state index in [4.69, 9.17) is 10.6 Å². The largest absolute Gasteiger partial charge is 0.375 e. The van der Waals surface area contributed by atoms with E-state index in [2.05, 4.69) is 12.0 Å². The summed E-state index contributed by atoms with van der Waals surface area (Å²) in [6.07, 6.45) is 2.72. The van der Waals surface area contributed by atoms with Crippen LogP contribution >= 0.6 is 0 Å². The van der Waals surface area contributed by atoms with Crippen LogP contribution in [-0.4, -0.2) is 13.2 Å². The summed E-state index contributed by atoms with van der Waals surface area (Å²) in [4.78, 5) is 0. The van der Waals surface area contributed by atoms with Crippen molar-refractivity contribution in [3.05, 3.63) is 23.9 Å². The minimum absolute atomic E-state index is 0.581. The molecule has 0 aliphatic carbocycles. The SMILES string of the molecule is C=CC1=C(NN)COCC1. The molecule has 0 radical (unpaired) electrons. The monoisotopic (exact) mass is 140 g/mol. The lowest BCUT2D eigenvalue weighted by Crippen LogP contribution is -2.28. The summed E-state index contributed by atoms with van der Waals surface area (Å²) in [6, 6.07) is 0. The number of hydrogen-bond donors (Lipinski definition) is 2. The number of nitrogens with one attached hydrogen (secondary N) is 1. The summed E-state index contributed by atoms with van der Waals surface area (Å²) in [5.41, 5.74) is 4.69. The maximum atomic E-state index is 5.23. The zero-order chi connectivity index (χ0) is 7.40. The number of hydrogen-bond acceptors (Lipinski definition) is 3. The summed E-state index contributed by atoms with van der Waals surface area (Å²) in [7, 11) is 0. The molecule has 1 aliphatic heterocycles. The van der Waals surface area contributed by atoms with Gasteiger partial charge in [-0.2, -0.15) is 0 Å². The Labute approximate surface area is 60.5 Å². The van der Waals surface area contributed by atoms with Gasteiger partial charge in [-0.25, -0.2) is 0 Å². The van der Waals surface area contributed by atoms with E-state index < -0.39 is 0 Å². The van der Waals surface area contributed by atoms with Crippen molar-refractivity contribution in [3.63, 3.8) is 0 Å². The topological polar surface area (TPSA) is 47.3 Å². The molecule has 3 heteroatoms. The van der Waals surface area contributed by atoms with Crippen molar-refractivity contribution in [1.82, 2.24) is 5.43 Å². The molecule has 0 atom stereocenters. The van der Waals surface area contributed by atoms with Gasteiger partial charge in [-0.3, -0.25) is 5.84 Å². The van der Waals surface area contributed by atoms with Gasteiger partial charge in [0.25, 0.3) is 0 Å². The average Bonchev–Trinajstić information content (AvgIpc) is 2.04. The molecule has 0 saturated carbocycles. The minimum atomic E-state index is 0.581. The Kier molecular flexibility index (Phi) is 2.48. The molecule has 0 saturated heterocycles. The second-order valence-electron chi connectivity index (χ2n) is 2.15. The third-order valence-corrected chi connectivity index (χ3v) is 1.57. The maximum absolute atomic E-state index is 5.23. The Balaban J connectivity index is 2.72. The fraction of sp³-hybridized carbons (Fsp3) is 0.429. The van der Waals surface area contributed by atoms with E-state index in [9.17, 15) is 0 Å². The minimum Gasteiger partial charge on any atom is -0.375 e. The van der Waals surface area contributed by atoms with Crippen molar-refractivity contribution in [2.45, 2.75) is 6.42 Å². The smallest absolute Gasteiger partial charge is 0.0878 e. The molecule has 56 valence electrons. The summed E-state index contributed by atoms with van der Waals surface area (Å²) >= 11 is 0. The van der Waals surface area contributed by atoms with Gasteiger partial charge in [-0.15, -0.1) is 0 Å². The average molecular weight is 140 g/mol. The first-order valence-corrected chi connectivity index (χ1v) is 3.27. The van der Waals surface area contributed by atoms with Crippen LogP contribution < -0.4 is 11.3 Å². The normalized spacial score (nSPS) is 18.9. The number of hydrazine groups is 1. The van der Waals surface area contributed by atoms with E-state index in [0.29, 0.717) is 6.61 Å². The molecule has 0 aromatic carbocycles. The quantitative estimate of drug-likeness (QED) is 0.428. The lowest BCUT2D eigenvalue weighted by atomic mass is 10.1. The third kappa shape index (κ3) is 1.37. The molecule has 0 bridgehead atoms. The standard InChI is InChI=1S/C7H12N2O/c1-2-6-3-4-10-5-7(6)9-8/h2,9H,1,3-5,8H2. The van der Waals surface area contributed by atoms with Gasteiger partial charge in [0, 0.05) is 0 Å². The number of allylic oxidation sites excluding steroid dienone is 1. The molecule has 0 aromatic heterocycles. The Bertz CT molecular complexity index is 163. The van der Waals surface area contributed by atoms with Gasteiger partial charge < -0.3 is 10.2 Å². The Morgan fingerprint density at radius 1 is 1.70 bits per heavy atom. The predicted molar refractivity (Wildman–Crippen MR) is 40.0 cm³/mol. The van der Waals surface area contributed by atoms with Crippen molar-refractivity contribution >= 4 is 0 Å². The van der Waals surface area contributed by atoms with E-state index in [1.807, 2.05) is 6.08 Å². The molecule has 1 heterocycles. The van der Waals surface area contributed by atoms with Crippen LogP contribution in [0.15, 0.2) is 23.9 Å². The molecule has 1 aliphatic rings. The maximum Gasteiger partial charge on any atom is 0.0878 e. The second kappa shape index (κ2) is 3.39. The molecular formula is C7H12N2O. The van der Waals surface area contributed by atoms with Crippen molar-refractivity contribution in [3.8, 4) is 0 Å². The molecule has 1 rings (SSSR count). The third-order valence-electron chi connectivity index (χ3n) is 1.57. The predicted octanol–water partition coefficient (Wildman–Crippen LogP) is 0.310. The highest BCUT2D eigenvalue weighted by molar-refractivity contribution is 5.24. The number of nitrogens with two attached hydrogens (primary N) is 1. The summed E-state index contributed by atoms with van der Waals surface area (Å²) in [5, 5.41) is 0. The summed E-state index contributed by atoms with van der Waals surface area (Å²) < 4.78 is 5.16. The number of rotatable bonds is 2. The molecule has 0 aromatic rings. The van der Waals surface area contributed by atoms with Crippen LogP contribution in [0.5, 0.6) is 0 Å². The summed E-state index contributed by atoms with van der Waals surface area (Å²) in [5.74, 6) is 5.23. The highest BCUT2D eigenvalue weighted by Crippen LogP contribution is 2.12. The molecule has 10 heavy (non-hydrogen) atoms. The van der Waals surface area contributed by atoms with E-state index in [0.717, 1.165) is 24.3 Å². The summed E-state index contributed by atoms with van der Waals surface area (Å²) in [6.45, 7) is 5.03. The van der Waals surface area contributed by atoms with E-state index >= 15 is 0 Å². The fourth-order valence-electron chi connectivity index (χ4n) is 0.960. The van der Waals surface area contributed by atoms with Crippen LogP contribution in [0, 0.1) is 0 Å². The van der Waals surface area contributed by atoms with Gasteiger partial charge in [-0.05, 0) is 12.0 Å². The molecule has 3 N–H and O–H groups in total. The molecule has 0 unspecified atom stereocenters. The Hall–Kier alpha value is -0.800. The van der Waals surface area contributed by atoms with Crippen LogP contribution in [0.2, 0.25) is 0 Å². The van der Waals surface area contributed by atoms with E-state index in [-0.39, 0.29) is 0 Å². The van der Waals surface area contributed by atoms with E-state index in [1.54, 1.807) is 0 Å². The molecular weight excluding hydrogens is 128 g/mol. The van der Waals surface area contributed by atoms with Crippen LogP contribution in [0.3, 0.4) is 0 Å². The van der Waals surface area contributed by atoms with Crippen molar-refractivity contribution < 1.29 is 4.74 Å². The highest BCUT2D eigenvalue weighted by atomic mass is 16.5. The first-order valence-electron chi connectivity index (χ1n) is 3.27. The first-order chi connectivity index (χ1) is 4.88. The van der Waals surface area contributed by atoms with E-state index in [1.165, 1.54) is 0 Å². The molecule has 3 nitrogen and oxygen atoms in total. The van der Waals surface area contributed by atoms with Crippen LogP contribution in [0.25, 0.3) is 0 Å². The lowest BCUT2D eigenvalue weighted by Gasteiger charge is -2.17. The van der Waals surface area contributed by atoms with Gasteiger partial charge in [-0.1, -0.05) is 12.7 Å². The van der Waals surface area contributed by atoms with Crippen LogP contribution in [-0.2, 0) is 4.74 Å². The fourth-order valence-corrected chi connectivity index (χ4v) is 0.960. The molecule has 0 amide bonds. The van der Waals surface area contributed by atoms with Crippen LogP contribution in [0.4, 0.5) is 0 Å². The highest BCUT2D eigenvalue weighted by Gasteiger charge is 2.08. The van der Waals surface area contributed by atoms with Gasteiger partial charge in [0.15, 0.2) is 0 Å². The lowest BCUT2D eigenvalue weighted by molar-refractivity contribution is 0.142. The molecule has 0 fully saturated rings. The number of ether oxygens (including phenoxy) is 1. The van der Waals surface area contributed by atoms with Crippen LogP contribution in [0.1, 0.15) is 6.42 Å². The van der Waals surface area contributed by atoms with Gasteiger partial charge in [0.05, 0.1) is 18.9 Å². The van der Waals surface area contributed by atoms with Gasteiger partial charge >= 0.3 is 0 Å². The zero-order valence-corrected chi connectivity index (χ0v) is 5.89. The van der Waals surface area contributed by atoms with Gasteiger partial charge in [0.1, 0.15) is 0 Å². The first kappa shape index (κ1) is 7.31. The molecule has 0 spiro atoms. The Morgan fingerprint density at radius 2 is 2.50 bits per heavy atom. The van der Waals surface area contributed by atoms with Gasteiger partial charge in [0.2, 0.25) is 0 Å². The zero-order valence-electron chi connectivity index (χ0n) is 5.89. The second-order valence-corrected chi connectivity index (χ2v) is 2.15. The van der Waals surface area contributed by atoms with Crippen molar-refractivity contribution in [2.24, 2.45) is 5.84 Å². The Morgan fingerprint density at radius 3 is 3.00 bits per heavy atom.